The van der Waals surface area contributed by atoms with Gasteiger partial charge in [0.2, 0.25) is 0 Å². The molecule has 0 heterocycles. The summed E-state index contributed by atoms with van der Waals surface area (Å²) < 4.78 is 11.4. The Morgan fingerprint density at radius 1 is 1.32 bits per heavy atom. The number of benzene rings is 1. The molecule has 3 N–H and O–H groups in total. The molecular weight excluding hydrogens is 242 g/mol. The van der Waals surface area contributed by atoms with Crippen LogP contribution in [-0.2, 0) is 6.42 Å². The summed E-state index contributed by atoms with van der Waals surface area (Å²) >= 11 is 0. The van der Waals surface area contributed by atoms with Gasteiger partial charge in [-0.3, -0.25) is 0 Å². The van der Waals surface area contributed by atoms with Crippen molar-refractivity contribution >= 4 is 0 Å². The lowest BCUT2D eigenvalue weighted by Gasteiger charge is -2.17. The van der Waals surface area contributed by atoms with Gasteiger partial charge in [-0.2, -0.15) is 0 Å². The van der Waals surface area contributed by atoms with E-state index in [1.165, 1.54) is 12.8 Å². The minimum atomic E-state index is -0.230. The van der Waals surface area contributed by atoms with Crippen molar-refractivity contribution in [3.05, 3.63) is 23.8 Å². The molecule has 0 bridgehead atoms. The molecule has 106 valence electrons. The second-order valence-electron chi connectivity index (χ2n) is 5.16. The van der Waals surface area contributed by atoms with Crippen molar-refractivity contribution in [2.75, 3.05) is 13.7 Å². The number of hydrogen-bond acceptors (Lipinski definition) is 4. The molecule has 1 aromatic rings. The van der Waals surface area contributed by atoms with E-state index >= 15 is 0 Å². The minimum Gasteiger partial charge on any atom is -0.493 e. The molecule has 1 fully saturated rings. The van der Waals surface area contributed by atoms with E-state index in [1.807, 2.05) is 18.2 Å². The Kier molecular flexibility index (Phi) is 5.05. The number of nitrogens with two attached hydrogens (primary N) is 1. The van der Waals surface area contributed by atoms with Gasteiger partial charge < -0.3 is 20.3 Å². The molecule has 0 saturated heterocycles. The van der Waals surface area contributed by atoms with E-state index in [9.17, 15) is 0 Å². The summed E-state index contributed by atoms with van der Waals surface area (Å²) in [6, 6.07) is 5.64. The van der Waals surface area contributed by atoms with Crippen molar-refractivity contribution < 1.29 is 14.6 Å². The third-order valence-corrected chi connectivity index (χ3v) is 3.56. The monoisotopic (exact) mass is 265 g/mol. The average Bonchev–Trinajstić information content (AvgIpc) is 2.93. The molecule has 1 aliphatic rings. The van der Waals surface area contributed by atoms with E-state index < -0.39 is 0 Å². The van der Waals surface area contributed by atoms with E-state index in [2.05, 4.69) is 0 Å². The normalized spacial score (nSPS) is 17.4. The number of aliphatic hydroxyl groups excluding tert-OH is 1. The Bertz CT molecular complexity index is 402. The second-order valence-corrected chi connectivity index (χ2v) is 5.16. The standard InChI is InChI=1S/C15H23NO3/c1-18-15-9-11(8-12(16)10-17)6-7-14(15)19-13-4-2-3-5-13/h6-7,9,12-13,17H,2-5,8,10,16H2,1H3. The van der Waals surface area contributed by atoms with Gasteiger partial charge in [-0.25, -0.2) is 0 Å². The fraction of sp³-hybridized carbons (Fsp3) is 0.600. The highest BCUT2D eigenvalue weighted by Crippen LogP contribution is 2.32. The topological polar surface area (TPSA) is 64.7 Å². The predicted octanol–water partition coefficient (Wildman–Crippen LogP) is 1.88. The van der Waals surface area contributed by atoms with Crippen molar-refractivity contribution in [3.63, 3.8) is 0 Å². The van der Waals surface area contributed by atoms with E-state index in [-0.39, 0.29) is 12.6 Å². The van der Waals surface area contributed by atoms with Crippen LogP contribution < -0.4 is 15.2 Å². The highest BCUT2D eigenvalue weighted by atomic mass is 16.5. The number of ether oxygens (including phenoxy) is 2. The maximum atomic E-state index is 8.99. The van der Waals surface area contributed by atoms with Crippen LogP contribution in [0.25, 0.3) is 0 Å². The number of hydrogen-bond donors (Lipinski definition) is 2. The maximum Gasteiger partial charge on any atom is 0.161 e. The summed E-state index contributed by atoms with van der Waals surface area (Å²) in [7, 11) is 1.65. The van der Waals surface area contributed by atoms with Crippen LogP contribution in [0.4, 0.5) is 0 Å². The van der Waals surface area contributed by atoms with Crippen LogP contribution in [0, 0.1) is 0 Å². The van der Waals surface area contributed by atoms with Crippen LogP contribution in [0.15, 0.2) is 18.2 Å². The SMILES string of the molecule is COc1cc(CC(N)CO)ccc1OC1CCCC1. The summed E-state index contributed by atoms with van der Waals surface area (Å²) in [4.78, 5) is 0. The molecule has 1 atom stereocenters. The zero-order chi connectivity index (χ0) is 13.7. The second kappa shape index (κ2) is 6.78. The first kappa shape index (κ1) is 14.2. The quantitative estimate of drug-likeness (QED) is 0.824. The Hall–Kier alpha value is -1.26. The third kappa shape index (κ3) is 3.85. The highest BCUT2D eigenvalue weighted by molar-refractivity contribution is 5.43. The summed E-state index contributed by atoms with van der Waals surface area (Å²) in [6.07, 6.45) is 5.70. The molecule has 0 radical (unpaired) electrons. The first-order valence-corrected chi connectivity index (χ1v) is 6.93. The zero-order valence-corrected chi connectivity index (χ0v) is 11.5. The van der Waals surface area contributed by atoms with Crippen molar-refractivity contribution in [1.29, 1.82) is 0 Å². The third-order valence-electron chi connectivity index (χ3n) is 3.56. The van der Waals surface area contributed by atoms with Gasteiger partial charge in [0.1, 0.15) is 0 Å². The smallest absolute Gasteiger partial charge is 0.161 e. The maximum absolute atomic E-state index is 8.99. The lowest BCUT2D eigenvalue weighted by Crippen LogP contribution is -2.26. The average molecular weight is 265 g/mol. The highest BCUT2D eigenvalue weighted by Gasteiger charge is 2.18. The Labute approximate surface area is 114 Å². The van der Waals surface area contributed by atoms with Crippen molar-refractivity contribution in [1.82, 2.24) is 0 Å². The van der Waals surface area contributed by atoms with Gasteiger partial charge in [0, 0.05) is 6.04 Å². The number of methoxy groups -OCH3 is 1. The van der Waals surface area contributed by atoms with Gasteiger partial charge >= 0.3 is 0 Å². The molecular formula is C15H23NO3. The largest absolute Gasteiger partial charge is 0.493 e. The van der Waals surface area contributed by atoms with Gasteiger partial charge in [0.05, 0.1) is 19.8 Å². The molecule has 2 rings (SSSR count). The van der Waals surface area contributed by atoms with Crippen LogP contribution in [0.1, 0.15) is 31.2 Å². The fourth-order valence-electron chi connectivity index (χ4n) is 2.49. The minimum absolute atomic E-state index is 0.0113. The van der Waals surface area contributed by atoms with Gasteiger partial charge in [-0.1, -0.05) is 6.07 Å². The van der Waals surface area contributed by atoms with Crippen molar-refractivity contribution in [2.45, 2.75) is 44.2 Å². The molecule has 0 aliphatic heterocycles. The Balaban J connectivity index is 2.06. The first-order chi connectivity index (χ1) is 9.22. The van der Waals surface area contributed by atoms with Gasteiger partial charge in [-0.15, -0.1) is 0 Å². The van der Waals surface area contributed by atoms with Gasteiger partial charge in [0.25, 0.3) is 0 Å². The van der Waals surface area contributed by atoms with E-state index in [0.29, 0.717) is 12.5 Å². The van der Waals surface area contributed by atoms with Crippen LogP contribution in [-0.4, -0.2) is 31.0 Å². The van der Waals surface area contributed by atoms with Crippen LogP contribution in [0.5, 0.6) is 11.5 Å². The van der Waals surface area contributed by atoms with Gasteiger partial charge in [-0.05, 0) is 49.8 Å². The molecule has 1 aliphatic carbocycles. The number of aliphatic hydroxyl groups is 1. The van der Waals surface area contributed by atoms with Crippen molar-refractivity contribution in [2.24, 2.45) is 5.73 Å². The van der Waals surface area contributed by atoms with Gasteiger partial charge in [0.15, 0.2) is 11.5 Å². The zero-order valence-electron chi connectivity index (χ0n) is 11.5. The van der Waals surface area contributed by atoms with Crippen LogP contribution in [0.2, 0.25) is 0 Å². The molecule has 1 saturated carbocycles. The summed E-state index contributed by atoms with van der Waals surface area (Å²) in [5, 5.41) is 8.99. The van der Waals surface area contributed by atoms with Crippen LogP contribution in [0.3, 0.4) is 0 Å². The summed E-state index contributed by atoms with van der Waals surface area (Å²) in [5.41, 5.74) is 6.80. The van der Waals surface area contributed by atoms with E-state index in [1.54, 1.807) is 7.11 Å². The lowest BCUT2D eigenvalue weighted by atomic mass is 10.1. The first-order valence-electron chi connectivity index (χ1n) is 6.93. The van der Waals surface area contributed by atoms with Crippen LogP contribution >= 0.6 is 0 Å². The molecule has 0 spiro atoms. The molecule has 4 nitrogen and oxygen atoms in total. The fourth-order valence-corrected chi connectivity index (χ4v) is 2.49. The number of rotatable bonds is 6. The molecule has 0 aromatic heterocycles. The van der Waals surface area contributed by atoms with E-state index in [0.717, 1.165) is 29.9 Å². The lowest BCUT2D eigenvalue weighted by molar-refractivity contribution is 0.200. The summed E-state index contributed by atoms with van der Waals surface area (Å²) in [6.45, 7) is -0.0113. The molecule has 1 unspecified atom stereocenters. The van der Waals surface area contributed by atoms with E-state index in [4.69, 9.17) is 20.3 Å². The Morgan fingerprint density at radius 2 is 2.05 bits per heavy atom. The summed E-state index contributed by atoms with van der Waals surface area (Å²) in [5.74, 6) is 1.55. The Morgan fingerprint density at radius 3 is 2.68 bits per heavy atom. The predicted molar refractivity (Wildman–Crippen MR) is 74.6 cm³/mol. The van der Waals surface area contributed by atoms with Crippen molar-refractivity contribution in [3.8, 4) is 11.5 Å². The molecule has 19 heavy (non-hydrogen) atoms. The molecule has 1 aromatic carbocycles. The molecule has 4 heteroatoms. The molecule has 0 amide bonds.